The molecule has 6 nitrogen and oxygen atoms in total. The maximum atomic E-state index is 12.7. The van der Waals surface area contributed by atoms with Crippen LogP contribution in [-0.2, 0) is 11.2 Å². The lowest BCUT2D eigenvalue weighted by Crippen LogP contribution is -2.08. The van der Waals surface area contributed by atoms with Crippen molar-refractivity contribution >= 4 is 11.0 Å². The van der Waals surface area contributed by atoms with Crippen molar-refractivity contribution in [2.45, 2.75) is 32.0 Å². The summed E-state index contributed by atoms with van der Waals surface area (Å²) in [5.41, 5.74) is 0.641. The summed E-state index contributed by atoms with van der Waals surface area (Å²) in [6, 6.07) is 9.96. The first kappa shape index (κ1) is 17.4. The van der Waals surface area contributed by atoms with Crippen LogP contribution in [0.25, 0.3) is 22.3 Å². The van der Waals surface area contributed by atoms with E-state index < -0.39 is 11.2 Å². The molecule has 0 spiro atoms. The Labute approximate surface area is 155 Å². The van der Waals surface area contributed by atoms with E-state index in [9.17, 15) is 15.0 Å². The number of benzene rings is 2. The topological polar surface area (TPSA) is 92.4 Å². The van der Waals surface area contributed by atoms with Gasteiger partial charge in [0, 0.05) is 12.0 Å². The molecule has 1 atom stereocenters. The molecule has 0 radical (unpaired) electrons. The van der Waals surface area contributed by atoms with Gasteiger partial charge in [0.2, 0.25) is 11.2 Å². The molecule has 0 amide bonds. The number of phenolic OH excluding ortho intramolecular Hbond substituents is 1. The third kappa shape index (κ3) is 2.92. The van der Waals surface area contributed by atoms with Gasteiger partial charge in [-0.1, -0.05) is 6.07 Å². The lowest BCUT2D eigenvalue weighted by atomic mass is 9.99. The van der Waals surface area contributed by atoms with Crippen LogP contribution in [0.3, 0.4) is 0 Å². The van der Waals surface area contributed by atoms with Gasteiger partial charge in [-0.3, -0.25) is 4.79 Å². The van der Waals surface area contributed by atoms with Gasteiger partial charge in [0.1, 0.15) is 22.5 Å². The molecule has 2 heterocycles. The SMILES string of the molecule is COc1ccc(-c2oc3c(CC4OC4(C)C)ccc(O)c3c(=O)c2O)cc1. The zero-order valence-corrected chi connectivity index (χ0v) is 15.3. The van der Waals surface area contributed by atoms with Crippen molar-refractivity contribution < 1.29 is 24.1 Å². The molecule has 1 aliphatic heterocycles. The fourth-order valence-electron chi connectivity index (χ4n) is 3.24. The predicted molar refractivity (Wildman–Crippen MR) is 100 cm³/mol. The number of phenols is 1. The molecule has 2 N–H and O–H groups in total. The molecule has 1 aromatic heterocycles. The molecule has 1 fully saturated rings. The quantitative estimate of drug-likeness (QED) is 0.684. The molecule has 2 aromatic carbocycles. The number of hydrogen-bond acceptors (Lipinski definition) is 6. The molecule has 0 bridgehead atoms. The van der Waals surface area contributed by atoms with Crippen molar-refractivity contribution in [2.75, 3.05) is 7.11 Å². The standard InChI is InChI=1S/C21H20O6/c1-21(2)15(27-21)10-12-6-9-14(22)16-17(23)18(24)20(26-19(12)16)11-4-7-13(25-3)8-5-11/h4-9,15,22,24H,10H2,1-3H3. The third-order valence-electron chi connectivity index (χ3n) is 5.00. The molecule has 0 aliphatic carbocycles. The fourth-order valence-corrected chi connectivity index (χ4v) is 3.24. The Morgan fingerprint density at radius 1 is 1.11 bits per heavy atom. The van der Waals surface area contributed by atoms with Crippen LogP contribution < -0.4 is 10.2 Å². The van der Waals surface area contributed by atoms with Crippen LogP contribution in [-0.4, -0.2) is 29.0 Å². The number of rotatable bonds is 4. The lowest BCUT2D eigenvalue weighted by Gasteiger charge is -2.11. The molecular formula is C21H20O6. The minimum absolute atomic E-state index is 0.00813. The molecule has 1 aliphatic rings. The second-order valence-electron chi connectivity index (χ2n) is 7.20. The van der Waals surface area contributed by atoms with Crippen molar-refractivity contribution in [3.8, 4) is 28.6 Å². The number of aromatic hydroxyl groups is 2. The highest BCUT2D eigenvalue weighted by molar-refractivity contribution is 5.89. The fraction of sp³-hybridized carbons (Fsp3) is 0.286. The Balaban J connectivity index is 1.90. The van der Waals surface area contributed by atoms with Crippen LogP contribution >= 0.6 is 0 Å². The highest BCUT2D eigenvalue weighted by atomic mass is 16.6. The Bertz CT molecular complexity index is 1080. The van der Waals surface area contributed by atoms with Crippen LogP contribution in [0, 0.1) is 0 Å². The van der Waals surface area contributed by atoms with Crippen LogP contribution in [0.15, 0.2) is 45.6 Å². The zero-order valence-electron chi connectivity index (χ0n) is 15.3. The van der Waals surface area contributed by atoms with Crippen LogP contribution in [0.1, 0.15) is 19.4 Å². The lowest BCUT2D eigenvalue weighted by molar-refractivity contribution is 0.323. The van der Waals surface area contributed by atoms with E-state index in [1.165, 1.54) is 6.07 Å². The monoisotopic (exact) mass is 368 g/mol. The summed E-state index contributed by atoms with van der Waals surface area (Å²) in [5, 5.41) is 20.5. The van der Waals surface area contributed by atoms with Gasteiger partial charge in [0.05, 0.1) is 18.8 Å². The van der Waals surface area contributed by atoms with Gasteiger partial charge in [-0.25, -0.2) is 0 Å². The maximum absolute atomic E-state index is 12.7. The summed E-state index contributed by atoms with van der Waals surface area (Å²) in [7, 11) is 1.55. The van der Waals surface area contributed by atoms with E-state index in [0.717, 1.165) is 5.56 Å². The summed E-state index contributed by atoms with van der Waals surface area (Å²) in [6.07, 6.45) is 0.549. The van der Waals surface area contributed by atoms with Crippen molar-refractivity contribution in [3.63, 3.8) is 0 Å². The summed E-state index contributed by atoms with van der Waals surface area (Å²) in [4.78, 5) is 12.7. The van der Waals surface area contributed by atoms with Crippen molar-refractivity contribution in [2.24, 2.45) is 0 Å². The Morgan fingerprint density at radius 2 is 1.78 bits per heavy atom. The third-order valence-corrected chi connectivity index (χ3v) is 5.00. The van der Waals surface area contributed by atoms with Crippen LogP contribution in [0.5, 0.6) is 17.2 Å². The van der Waals surface area contributed by atoms with Crippen molar-refractivity contribution in [3.05, 3.63) is 52.2 Å². The van der Waals surface area contributed by atoms with E-state index in [4.69, 9.17) is 13.9 Å². The molecule has 1 saturated heterocycles. The largest absolute Gasteiger partial charge is 0.507 e. The van der Waals surface area contributed by atoms with Gasteiger partial charge in [0.15, 0.2) is 5.76 Å². The van der Waals surface area contributed by atoms with Crippen molar-refractivity contribution in [1.29, 1.82) is 0 Å². The average molecular weight is 368 g/mol. The van der Waals surface area contributed by atoms with E-state index in [1.807, 2.05) is 13.8 Å². The predicted octanol–water partition coefficient (Wildman–Crippen LogP) is 3.60. The van der Waals surface area contributed by atoms with E-state index in [2.05, 4.69) is 0 Å². The molecule has 1 unspecified atom stereocenters. The normalized spacial score (nSPS) is 17.8. The van der Waals surface area contributed by atoms with Gasteiger partial charge >= 0.3 is 0 Å². The number of fused-ring (bicyclic) bond motifs is 1. The Hall–Kier alpha value is -2.99. The van der Waals surface area contributed by atoms with Crippen LogP contribution in [0.4, 0.5) is 0 Å². The van der Waals surface area contributed by atoms with Crippen molar-refractivity contribution in [1.82, 2.24) is 0 Å². The second kappa shape index (κ2) is 6.03. The molecule has 4 rings (SSSR count). The molecule has 3 aromatic rings. The smallest absolute Gasteiger partial charge is 0.238 e. The molecule has 27 heavy (non-hydrogen) atoms. The Kier molecular flexibility index (Phi) is 3.89. The Morgan fingerprint density at radius 3 is 2.37 bits per heavy atom. The van der Waals surface area contributed by atoms with Crippen LogP contribution in [0.2, 0.25) is 0 Å². The number of methoxy groups -OCH3 is 1. The van der Waals surface area contributed by atoms with E-state index >= 15 is 0 Å². The number of epoxide rings is 1. The van der Waals surface area contributed by atoms with Gasteiger partial charge in [0.25, 0.3) is 0 Å². The maximum Gasteiger partial charge on any atom is 0.238 e. The van der Waals surface area contributed by atoms with E-state index in [-0.39, 0.29) is 34.2 Å². The summed E-state index contributed by atoms with van der Waals surface area (Å²) >= 11 is 0. The first-order valence-electron chi connectivity index (χ1n) is 8.64. The summed E-state index contributed by atoms with van der Waals surface area (Å²) in [5.74, 6) is -0.0658. The first-order valence-corrected chi connectivity index (χ1v) is 8.64. The van der Waals surface area contributed by atoms with Gasteiger partial charge in [-0.15, -0.1) is 0 Å². The van der Waals surface area contributed by atoms with E-state index in [1.54, 1.807) is 37.4 Å². The highest BCUT2D eigenvalue weighted by Gasteiger charge is 2.47. The second-order valence-corrected chi connectivity index (χ2v) is 7.20. The molecule has 0 saturated carbocycles. The van der Waals surface area contributed by atoms with Gasteiger partial charge in [-0.2, -0.15) is 0 Å². The zero-order chi connectivity index (χ0) is 19.3. The summed E-state index contributed by atoms with van der Waals surface area (Å²) in [6.45, 7) is 3.98. The van der Waals surface area contributed by atoms with E-state index in [0.29, 0.717) is 17.7 Å². The minimum atomic E-state index is -0.669. The average Bonchev–Trinajstić information content (AvgIpc) is 3.26. The highest BCUT2D eigenvalue weighted by Crippen LogP contribution is 2.40. The van der Waals surface area contributed by atoms with Gasteiger partial charge < -0.3 is 24.1 Å². The summed E-state index contributed by atoms with van der Waals surface area (Å²) < 4.78 is 16.7. The number of ether oxygens (including phenoxy) is 2. The number of hydrogen-bond donors (Lipinski definition) is 2. The molecular weight excluding hydrogens is 348 g/mol. The molecule has 6 heteroatoms. The minimum Gasteiger partial charge on any atom is -0.507 e. The van der Waals surface area contributed by atoms with Gasteiger partial charge in [-0.05, 0) is 49.7 Å². The first-order chi connectivity index (χ1) is 12.8. The molecule has 140 valence electrons.